The number of anilines is 1. The maximum Gasteiger partial charge on any atom is 0.243 e. The van der Waals surface area contributed by atoms with Gasteiger partial charge in [0.05, 0.1) is 16.6 Å². The molecule has 3 rings (SSSR count). The van der Waals surface area contributed by atoms with Gasteiger partial charge in [0.15, 0.2) is 0 Å². The third-order valence-corrected chi connectivity index (χ3v) is 7.64. The average Bonchev–Trinajstić information content (AvgIpc) is 2.67. The molecule has 0 bridgehead atoms. The second kappa shape index (κ2) is 9.03. The highest BCUT2D eigenvalue weighted by atomic mass is 35.5. The molecule has 1 aliphatic rings. The Morgan fingerprint density at radius 1 is 1.13 bits per heavy atom. The molecule has 0 saturated carbocycles. The van der Waals surface area contributed by atoms with Crippen LogP contribution in [-0.4, -0.2) is 40.1 Å². The van der Waals surface area contributed by atoms with E-state index in [1.807, 2.05) is 0 Å². The van der Waals surface area contributed by atoms with Crippen LogP contribution in [0.2, 0.25) is 5.02 Å². The molecule has 1 amide bonds. The molecule has 162 valence electrons. The van der Waals surface area contributed by atoms with E-state index in [1.165, 1.54) is 34.6 Å². The molecule has 2 aromatic rings. The van der Waals surface area contributed by atoms with E-state index in [2.05, 4.69) is 5.32 Å². The van der Waals surface area contributed by atoms with Crippen LogP contribution in [-0.2, 0) is 30.6 Å². The molecule has 1 atom stereocenters. The molecule has 1 saturated heterocycles. The molecule has 30 heavy (non-hydrogen) atoms. The quantitative estimate of drug-likeness (QED) is 0.667. The molecule has 0 aromatic heterocycles. The number of hydrogen-bond acceptors (Lipinski definition) is 5. The molecular formula is C19H22ClN3O5S2. The number of rotatable bonds is 6. The number of carbonyl (C=O) groups is 1. The highest BCUT2D eigenvalue weighted by molar-refractivity contribution is 7.89. The van der Waals surface area contributed by atoms with Crippen LogP contribution in [0.4, 0.5) is 5.69 Å². The van der Waals surface area contributed by atoms with Gasteiger partial charge in [0.1, 0.15) is 0 Å². The minimum atomic E-state index is -3.73. The summed E-state index contributed by atoms with van der Waals surface area (Å²) in [6, 6.07) is 12.3. The van der Waals surface area contributed by atoms with Gasteiger partial charge in [-0.3, -0.25) is 4.79 Å². The standard InChI is InChI=1S/C19H22ClN3O5S2/c20-16-6-8-18(9-7-16)30(27,28)23-10-2-4-15(12-23)19(24)22-17-5-1-3-14(11-17)13-29(21,25)26/h1,3,5-9,11,15H,2,4,10,12-13H2,(H,22,24)(H2,21,25,26). The summed E-state index contributed by atoms with van der Waals surface area (Å²) in [4.78, 5) is 12.9. The second-order valence-corrected chi connectivity index (χ2v) is 11.1. The van der Waals surface area contributed by atoms with E-state index in [0.717, 1.165) is 0 Å². The fraction of sp³-hybridized carbons (Fsp3) is 0.316. The zero-order valence-corrected chi connectivity index (χ0v) is 18.4. The van der Waals surface area contributed by atoms with Crippen molar-refractivity contribution in [3.05, 3.63) is 59.1 Å². The van der Waals surface area contributed by atoms with Crippen LogP contribution in [0.3, 0.4) is 0 Å². The lowest BCUT2D eigenvalue weighted by atomic mass is 9.98. The largest absolute Gasteiger partial charge is 0.326 e. The Kier molecular flexibility index (Phi) is 6.83. The van der Waals surface area contributed by atoms with Crippen molar-refractivity contribution in [1.82, 2.24) is 4.31 Å². The van der Waals surface area contributed by atoms with Crippen LogP contribution in [0.1, 0.15) is 18.4 Å². The second-order valence-electron chi connectivity index (χ2n) is 7.15. The van der Waals surface area contributed by atoms with Crippen LogP contribution in [0.25, 0.3) is 0 Å². The lowest BCUT2D eigenvalue weighted by molar-refractivity contribution is -0.120. The van der Waals surface area contributed by atoms with E-state index in [1.54, 1.807) is 18.2 Å². The fourth-order valence-corrected chi connectivity index (χ4v) is 5.64. The maximum absolute atomic E-state index is 12.9. The van der Waals surface area contributed by atoms with Gasteiger partial charge in [0.2, 0.25) is 26.0 Å². The Morgan fingerprint density at radius 3 is 2.50 bits per heavy atom. The molecule has 3 N–H and O–H groups in total. The minimum Gasteiger partial charge on any atom is -0.326 e. The number of primary sulfonamides is 1. The monoisotopic (exact) mass is 471 g/mol. The molecule has 11 heteroatoms. The van der Waals surface area contributed by atoms with Crippen LogP contribution < -0.4 is 10.5 Å². The lowest BCUT2D eigenvalue weighted by Crippen LogP contribution is -2.43. The summed E-state index contributed by atoms with van der Waals surface area (Å²) in [7, 11) is -7.42. The zero-order valence-electron chi connectivity index (χ0n) is 16.0. The number of piperidine rings is 1. The Hall–Kier alpha value is -1.98. The average molecular weight is 472 g/mol. The third-order valence-electron chi connectivity index (χ3n) is 4.77. The van der Waals surface area contributed by atoms with Crippen molar-refractivity contribution in [1.29, 1.82) is 0 Å². The van der Waals surface area contributed by atoms with Gasteiger partial charge in [-0.15, -0.1) is 0 Å². The fourth-order valence-electron chi connectivity index (χ4n) is 3.35. The van der Waals surface area contributed by atoms with Crippen LogP contribution in [0, 0.1) is 5.92 Å². The first kappa shape index (κ1) is 22.7. The molecule has 1 heterocycles. The number of hydrogen-bond donors (Lipinski definition) is 2. The van der Waals surface area contributed by atoms with Gasteiger partial charge in [0.25, 0.3) is 0 Å². The molecule has 0 aliphatic carbocycles. The van der Waals surface area contributed by atoms with Crippen molar-refractivity contribution in [2.45, 2.75) is 23.5 Å². The molecular weight excluding hydrogens is 450 g/mol. The van der Waals surface area contributed by atoms with Crippen molar-refractivity contribution >= 4 is 43.2 Å². The normalized spacial score (nSPS) is 18.1. The van der Waals surface area contributed by atoms with Crippen molar-refractivity contribution < 1.29 is 21.6 Å². The zero-order chi connectivity index (χ0) is 21.9. The smallest absolute Gasteiger partial charge is 0.243 e. The topological polar surface area (TPSA) is 127 Å². The van der Waals surface area contributed by atoms with Gasteiger partial charge in [-0.2, -0.15) is 4.31 Å². The van der Waals surface area contributed by atoms with Gasteiger partial charge in [-0.05, 0) is 54.8 Å². The van der Waals surface area contributed by atoms with Gasteiger partial charge in [0, 0.05) is 23.8 Å². The van der Waals surface area contributed by atoms with Gasteiger partial charge in [-0.25, -0.2) is 22.0 Å². The number of nitrogens with two attached hydrogens (primary N) is 1. The SMILES string of the molecule is NS(=O)(=O)Cc1cccc(NC(=O)C2CCCN(S(=O)(=O)c3ccc(Cl)cc3)C2)c1. The lowest BCUT2D eigenvalue weighted by Gasteiger charge is -2.31. The van der Waals surface area contributed by atoms with Gasteiger partial charge < -0.3 is 5.32 Å². The summed E-state index contributed by atoms with van der Waals surface area (Å²) in [5, 5.41) is 8.25. The summed E-state index contributed by atoms with van der Waals surface area (Å²) in [6.07, 6.45) is 1.10. The van der Waals surface area contributed by atoms with E-state index >= 15 is 0 Å². The summed E-state index contributed by atoms with van der Waals surface area (Å²) in [5.41, 5.74) is 0.879. The molecule has 1 unspecified atom stereocenters. The molecule has 0 radical (unpaired) electrons. The van der Waals surface area contributed by atoms with E-state index in [0.29, 0.717) is 35.7 Å². The van der Waals surface area contributed by atoms with Crippen molar-refractivity contribution in [2.75, 3.05) is 18.4 Å². The summed E-state index contributed by atoms with van der Waals surface area (Å²) in [6.45, 7) is 0.395. The molecule has 2 aromatic carbocycles. The van der Waals surface area contributed by atoms with Crippen LogP contribution in [0.5, 0.6) is 0 Å². The van der Waals surface area contributed by atoms with Gasteiger partial charge in [-0.1, -0.05) is 23.7 Å². The maximum atomic E-state index is 12.9. The number of nitrogens with one attached hydrogen (secondary N) is 1. The molecule has 1 aliphatic heterocycles. The Morgan fingerprint density at radius 2 is 1.83 bits per heavy atom. The molecule has 1 fully saturated rings. The summed E-state index contributed by atoms with van der Waals surface area (Å²) >= 11 is 5.83. The first-order valence-corrected chi connectivity index (χ1v) is 12.7. The third kappa shape index (κ3) is 5.79. The summed E-state index contributed by atoms with van der Waals surface area (Å²) in [5.74, 6) is -1.19. The molecule has 0 spiro atoms. The van der Waals surface area contributed by atoms with Crippen molar-refractivity contribution in [2.24, 2.45) is 11.1 Å². The van der Waals surface area contributed by atoms with Crippen molar-refractivity contribution in [3.63, 3.8) is 0 Å². The number of nitrogens with zero attached hydrogens (tertiary/aromatic N) is 1. The van der Waals surface area contributed by atoms with Gasteiger partial charge >= 0.3 is 0 Å². The first-order chi connectivity index (χ1) is 14.0. The Balaban J connectivity index is 1.70. The van der Waals surface area contributed by atoms with Crippen LogP contribution in [0.15, 0.2) is 53.4 Å². The first-order valence-electron chi connectivity index (χ1n) is 9.20. The Labute approximate surface area is 181 Å². The highest BCUT2D eigenvalue weighted by Gasteiger charge is 2.33. The predicted octanol–water partition coefficient (Wildman–Crippen LogP) is 2.17. The van der Waals surface area contributed by atoms with E-state index in [-0.39, 0.29) is 23.1 Å². The number of halogens is 1. The Bertz CT molecular complexity index is 1140. The number of benzene rings is 2. The summed E-state index contributed by atoms with van der Waals surface area (Å²) < 4.78 is 49.6. The predicted molar refractivity (Wildman–Crippen MR) is 115 cm³/mol. The van der Waals surface area contributed by atoms with Crippen LogP contribution >= 0.6 is 11.6 Å². The number of carbonyl (C=O) groups excluding carboxylic acids is 1. The van der Waals surface area contributed by atoms with Crippen molar-refractivity contribution in [3.8, 4) is 0 Å². The number of amides is 1. The van der Waals surface area contributed by atoms with E-state index in [4.69, 9.17) is 16.7 Å². The van der Waals surface area contributed by atoms with E-state index < -0.39 is 26.0 Å². The highest BCUT2D eigenvalue weighted by Crippen LogP contribution is 2.26. The number of sulfonamides is 2. The minimum absolute atomic E-state index is 0.0632. The van der Waals surface area contributed by atoms with E-state index in [9.17, 15) is 21.6 Å². The molecule has 8 nitrogen and oxygen atoms in total.